The summed E-state index contributed by atoms with van der Waals surface area (Å²) in [6.45, 7) is 7.82. The molecule has 1 saturated heterocycles. The van der Waals surface area contributed by atoms with E-state index in [1.807, 2.05) is 6.92 Å². The van der Waals surface area contributed by atoms with Crippen LogP contribution in [-0.4, -0.2) is 24.4 Å². The Morgan fingerprint density at radius 3 is 2.73 bits per heavy atom. The van der Waals surface area contributed by atoms with Gasteiger partial charge in [-0.15, -0.1) is 0 Å². The molecule has 122 valence electrons. The van der Waals surface area contributed by atoms with Gasteiger partial charge in [-0.3, -0.25) is 0 Å². The summed E-state index contributed by atoms with van der Waals surface area (Å²) < 4.78 is 25.4. The molecule has 0 aromatic heterocycles. The lowest BCUT2D eigenvalue weighted by Gasteiger charge is -2.36. The van der Waals surface area contributed by atoms with Gasteiger partial charge in [-0.1, -0.05) is 25.1 Å². The molecule has 0 unspecified atom stereocenters. The van der Waals surface area contributed by atoms with E-state index in [-0.39, 0.29) is 11.9 Å². The predicted octanol–water partition coefficient (Wildman–Crippen LogP) is 3.74. The first-order chi connectivity index (χ1) is 10.3. The van der Waals surface area contributed by atoms with Gasteiger partial charge >= 0.3 is 6.09 Å². The number of benzene rings is 1. The molecular formula is C17H24FNO3. The Morgan fingerprint density at radius 2 is 2.14 bits per heavy atom. The minimum Gasteiger partial charge on any atom is -0.444 e. The van der Waals surface area contributed by atoms with Crippen molar-refractivity contribution in [1.82, 2.24) is 5.32 Å². The molecule has 0 aliphatic carbocycles. The summed E-state index contributed by atoms with van der Waals surface area (Å²) in [5.74, 6) is -0.345. The average molecular weight is 309 g/mol. The molecule has 4 nitrogen and oxygen atoms in total. The van der Waals surface area contributed by atoms with Gasteiger partial charge in [-0.25, -0.2) is 9.18 Å². The molecule has 2 rings (SSSR count). The maximum absolute atomic E-state index is 14.3. The van der Waals surface area contributed by atoms with Crippen molar-refractivity contribution in [3.05, 3.63) is 35.6 Å². The fourth-order valence-electron chi connectivity index (χ4n) is 2.96. The van der Waals surface area contributed by atoms with Gasteiger partial charge in [0.05, 0.1) is 11.6 Å². The molecule has 0 bridgehead atoms. The van der Waals surface area contributed by atoms with Crippen LogP contribution in [0.25, 0.3) is 0 Å². The maximum Gasteiger partial charge on any atom is 0.408 e. The minimum atomic E-state index is -0.886. The second-order valence-corrected chi connectivity index (χ2v) is 6.60. The number of hydrogen-bond donors (Lipinski definition) is 1. The fourth-order valence-corrected chi connectivity index (χ4v) is 2.96. The highest BCUT2D eigenvalue weighted by molar-refractivity contribution is 5.69. The second-order valence-electron chi connectivity index (χ2n) is 6.60. The summed E-state index contributed by atoms with van der Waals surface area (Å²) in [5, 5.41) is 2.88. The van der Waals surface area contributed by atoms with Crippen LogP contribution in [0.2, 0.25) is 0 Å². The zero-order valence-electron chi connectivity index (χ0n) is 13.6. The van der Waals surface area contributed by atoms with Gasteiger partial charge in [-0.2, -0.15) is 0 Å². The van der Waals surface area contributed by atoms with Crippen LogP contribution in [0, 0.1) is 5.82 Å². The SMILES string of the molecule is CC[C@@H]1OCC[C@@]1(NC(=O)OC(C)(C)C)c1ccccc1F. The molecule has 1 N–H and O–H groups in total. The average Bonchev–Trinajstić information content (AvgIpc) is 2.80. The van der Waals surface area contributed by atoms with Crippen molar-refractivity contribution in [2.75, 3.05) is 6.61 Å². The van der Waals surface area contributed by atoms with E-state index in [9.17, 15) is 9.18 Å². The molecule has 0 radical (unpaired) electrons. The lowest BCUT2D eigenvalue weighted by atomic mass is 9.82. The Hall–Kier alpha value is -1.62. The fraction of sp³-hybridized carbons (Fsp3) is 0.588. The van der Waals surface area contributed by atoms with Gasteiger partial charge in [0.2, 0.25) is 0 Å². The van der Waals surface area contributed by atoms with E-state index in [4.69, 9.17) is 9.47 Å². The van der Waals surface area contributed by atoms with Crippen molar-refractivity contribution in [2.45, 2.75) is 57.8 Å². The van der Waals surface area contributed by atoms with Crippen molar-refractivity contribution < 1.29 is 18.7 Å². The molecule has 5 heteroatoms. The van der Waals surface area contributed by atoms with Gasteiger partial charge in [0.25, 0.3) is 0 Å². The monoisotopic (exact) mass is 309 g/mol. The topological polar surface area (TPSA) is 47.6 Å². The van der Waals surface area contributed by atoms with Gasteiger partial charge in [0, 0.05) is 18.6 Å². The van der Waals surface area contributed by atoms with Crippen LogP contribution in [0.4, 0.5) is 9.18 Å². The number of carbonyl (C=O) groups is 1. The largest absolute Gasteiger partial charge is 0.444 e. The van der Waals surface area contributed by atoms with Crippen LogP contribution in [0.5, 0.6) is 0 Å². The van der Waals surface area contributed by atoms with E-state index in [0.29, 0.717) is 25.0 Å². The molecular weight excluding hydrogens is 285 g/mol. The zero-order chi connectivity index (χ0) is 16.4. The zero-order valence-corrected chi connectivity index (χ0v) is 13.6. The van der Waals surface area contributed by atoms with Crippen LogP contribution < -0.4 is 5.32 Å². The highest BCUT2D eigenvalue weighted by Crippen LogP contribution is 2.39. The number of carbonyl (C=O) groups excluding carboxylic acids is 1. The first kappa shape index (κ1) is 16.7. The molecule has 1 aromatic carbocycles. The molecule has 1 aliphatic heterocycles. The highest BCUT2D eigenvalue weighted by atomic mass is 19.1. The Balaban J connectivity index is 2.36. The van der Waals surface area contributed by atoms with Crippen LogP contribution in [-0.2, 0) is 15.0 Å². The first-order valence-electron chi connectivity index (χ1n) is 7.66. The number of nitrogens with one attached hydrogen (secondary N) is 1. The van der Waals surface area contributed by atoms with Crippen molar-refractivity contribution in [3.8, 4) is 0 Å². The van der Waals surface area contributed by atoms with Crippen LogP contribution in [0.15, 0.2) is 24.3 Å². The number of ether oxygens (including phenoxy) is 2. The third-order valence-corrected chi connectivity index (χ3v) is 3.81. The van der Waals surface area contributed by atoms with E-state index in [2.05, 4.69) is 5.32 Å². The van der Waals surface area contributed by atoms with Gasteiger partial charge < -0.3 is 14.8 Å². The molecule has 1 aromatic rings. The molecule has 0 spiro atoms. The quantitative estimate of drug-likeness (QED) is 0.925. The highest BCUT2D eigenvalue weighted by Gasteiger charge is 2.48. The summed E-state index contributed by atoms with van der Waals surface area (Å²) in [6, 6.07) is 6.50. The minimum absolute atomic E-state index is 0.281. The van der Waals surface area contributed by atoms with Crippen LogP contribution >= 0.6 is 0 Å². The van der Waals surface area contributed by atoms with Crippen LogP contribution in [0.1, 0.15) is 46.1 Å². The molecule has 2 atom stereocenters. The third kappa shape index (κ3) is 3.40. The Kier molecular flexibility index (Phi) is 4.75. The molecule has 1 heterocycles. The van der Waals surface area contributed by atoms with Crippen molar-refractivity contribution in [2.24, 2.45) is 0 Å². The van der Waals surface area contributed by atoms with E-state index in [0.717, 1.165) is 0 Å². The standard InChI is InChI=1S/C17H24FNO3/c1-5-14-17(10-11-21-14,12-8-6-7-9-13(12)18)19-15(20)22-16(2,3)4/h6-9,14H,5,10-11H2,1-4H3,(H,19,20)/t14-,17+/m0/s1. The predicted molar refractivity (Wildman–Crippen MR) is 82.1 cm³/mol. The summed E-state index contributed by atoms with van der Waals surface area (Å²) in [5.41, 5.74) is -1.05. The molecule has 1 amide bonds. The summed E-state index contributed by atoms with van der Waals surface area (Å²) >= 11 is 0. The van der Waals surface area contributed by atoms with Crippen LogP contribution in [0.3, 0.4) is 0 Å². The number of rotatable bonds is 3. The number of hydrogen-bond acceptors (Lipinski definition) is 3. The maximum atomic E-state index is 14.3. The van der Waals surface area contributed by atoms with E-state index < -0.39 is 17.2 Å². The lowest BCUT2D eigenvalue weighted by Crippen LogP contribution is -2.53. The number of halogens is 1. The Bertz CT molecular complexity index is 541. The van der Waals surface area contributed by atoms with Crippen molar-refractivity contribution in [3.63, 3.8) is 0 Å². The molecule has 1 fully saturated rings. The third-order valence-electron chi connectivity index (χ3n) is 3.81. The van der Waals surface area contributed by atoms with Crippen molar-refractivity contribution >= 4 is 6.09 Å². The first-order valence-corrected chi connectivity index (χ1v) is 7.66. The van der Waals surface area contributed by atoms with E-state index in [1.165, 1.54) is 6.07 Å². The number of amides is 1. The van der Waals surface area contributed by atoms with E-state index >= 15 is 0 Å². The van der Waals surface area contributed by atoms with E-state index in [1.54, 1.807) is 39.0 Å². The molecule has 1 aliphatic rings. The van der Waals surface area contributed by atoms with Gasteiger partial charge in [-0.05, 0) is 33.3 Å². The van der Waals surface area contributed by atoms with Gasteiger partial charge in [0.1, 0.15) is 11.4 Å². The molecule has 22 heavy (non-hydrogen) atoms. The smallest absolute Gasteiger partial charge is 0.408 e. The summed E-state index contributed by atoms with van der Waals surface area (Å²) in [4.78, 5) is 12.3. The Morgan fingerprint density at radius 1 is 1.45 bits per heavy atom. The Labute approximate surface area is 131 Å². The summed E-state index contributed by atoms with van der Waals surface area (Å²) in [7, 11) is 0. The summed E-state index contributed by atoms with van der Waals surface area (Å²) in [6.07, 6.45) is 0.354. The normalized spacial score (nSPS) is 25.0. The second kappa shape index (κ2) is 6.24. The number of alkyl carbamates (subject to hydrolysis) is 1. The molecule has 0 saturated carbocycles. The van der Waals surface area contributed by atoms with Gasteiger partial charge in [0.15, 0.2) is 0 Å². The lowest BCUT2D eigenvalue weighted by molar-refractivity contribution is 0.0283. The van der Waals surface area contributed by atoms with Crippen molar-refractivity contribution in [1.29, 1.82) is 0 Å².